The second kappa shape index (κ2) is 57.1. The van der Waals surface area contributed by atoms with Crippen LogP contribution in [0.4, 0.5) is 0 Å². The van der Waals surface area contributed by atoms with Crippen LogP contribution >= 0.6 is 0 Å². The lowest BCUT2D eigenvalue weighted by molar-refractivity contribution is -0.282. The molecule has 0 spiro atoms. The summed E-state index contributed by atoms with van der Waals surface area (Å²) in [5.41, 5.74) is -0.658. The molecule has 0 radical (unpaired) electrons. The van der Waals surface area contributed by atoms with Crippen molar-refractivity contribution in [2.45, 2.75) is 266 Å². The number of amides is 5. The van der Waals surface area contributed by atoms with Gasteiger partial charge in [0.1, 0.15) is 36.6 Å². The zero-order valence-electron chi connectivity index (χ0n) is 57.3. The van der Waals surface area contributed by atoms with E-state index in [1.165, 1.54) is 0 Å². The Balaban J connectivity index is 0. The van der Waals surface area contributed by atoms with Gasteiger partial charge in [-0.1, -0.05) is 88.5 Å². The molecule has 3 rings (SSSR count). The second-order valence-electron chi connectivity index (χ2n) is 25.5. The molecule has 0 aromatic rings. The number of hydrogen-bond donors (Lipinski definition) is 14. The number of carbonyl (C=O) groups is 5. The average molecular weight is 1410 g/mol. The van der Waals surface area contributed by atoms with Crippen molar-refractivity contribution in [1.82, 2.24) is 26.6 Å². The van der Waals surface area contributed by atoms with E-state index in [4.69, 9.17) is 47.4 Å². The van der Waals surface area contributed by atoms with Gasteiger partial charge < -0.3 is 120 Å². The highest BCUT2D eigenvalue weighted by molar-refractivity contribution is 5.78. The number of hydrogen-bond acceptors (Lipinski definition) is 24. The van der Waals surface area contributed by atoms with E-state index in [0.717, 1.165) is 83.5 Å². The monoisotopic (exact) mass is 1410 g/mol. The second-order valence-corrected chi connectivity index (χ2v) is 25.5. The first-order valence-electron chi connectivity index (χ1n) is 34.4. The highest BCUT2D eigenvalue weighted by Crippen LogP contribution is 2.30. The molecular weight excluding hydrogens is 1270 g/mol. The summed E-state index contributed by atoms with van der Waals surface area (Å²) in [4.78, 5) is 60.0. The van der Waals surface area contributed by atoms with Crippen LogP contribution in [0.3, 0.4) is 0 Å². The Morgan fingerprint density at radius 2 is 0.680 bits per heavy atom. The number of rotatable bonds is 51. The summed E-state index contributed by atoms with van der Waals surface area (Å²) >= 11 is 0. The number of carbonyl (C=O) groups excluding carboxylic acids is 5. The molecule has 3 aliphatic heterocycles. The molecule has 15 atom stereocenters. The van der Waals surface area contributed by atoms with E-state index in [1.54, 1.807) is 27.8 Å². The molecule has 6 unspecified atom stereocenters. The van der Waals surface area contributed by atoms with E-state index in [1.807, 2.05) is 20.8 Å². The van der Waals surface area contributed by atoms with Crippen molar-refractivity contribution in [2.24, 2.45) is 23.2 Å². The zero-order chi connectivity index (χ0) is 69.7. The molecular formula is C68H135N5O24. The lowest BCUT2D eigenvalue weighted by Crippen LogP contribution is -2.55. The van der Waals surface area contributed by atoms with Crippen LogP contribution in [-0.4, -0.2) is 275 Å². The van der Waals surface area contributed by atoms with Gasteiger partial charge in [0.2, 0.25) is 29.5 Å². The Labute approximate surface area is 579 Å². The minimum Gasteiger partial charge on any atom is -0.394 e. The quantitative estimate of drug-likeness (QED) is 0.0388. The van der Waals surface area contributed by atoms with Crippen molar-refractivity contribution in [2.75, 3.05) is 119 Å². The van der Waals surface area contributed by atoms with Gasteiger partial charge in [-0.15, -0.1) is 0 Å². The summed E-state index contributed by atoms with van der Waals surface area (Å²) < 4.78 is 57.3. The van der Waals surface area contributed by atoms with Crippen molar-refractivity contribution in [1.29, 1.82) is 0 Å². The van der Waals surface area contributed by atoms with E-state index < -0.39 is 117 Å². The molecule has 0 aliphatic carbocycles. The topological polar surface area (TPSA) is 420 Å². The van der Waals surface area contributed by atoms with Crippen LogP contribution in [-0.2, 0) is 71.3 Å². The van der Waals surface area contributed by atoms with Gasteiger partial charge in [-0.2, -0.15) is 0 Å². The van der Waals surface area contributed by atoms with E-state index >= 15 is 0 Å². The Hall–Kier alpha value is -3.41. The molecule has 3 saturated heterocycles. The predicted molar refractivity (Wildman–Crippen MR) is 364 cm³/mol. The van der Waals surface area contributed by atoms with Crippen LogP contribution in [0.2, 0.25) is 0 Å². The average Bonchev–Trinajstić information content (AvgIpc) is 0.848. The van der Waals surface area contributed by atoms with Crippen molar-refractivity contribution in [3.05, 3.63) is 0 Å². The van der Waals surface area contributed by atoms with Crippen molar-refractivity contribution < 1.29 is 117 Å². The fraction of sp³-hybridized carbons (Fsp3) is 0.926. The lowest BCUT2D eigenvalue weighted by Gasteiger charge is -2.40. The van der Waals surface area contributed by atoms with Gasteiger partial charge in [0.25, 0.3) is 0 Å². The number of ether oxygens (including phenoxy) is 10. The molecule has 3 heterocycles. The van der Waals surface area contributed by atoms with Gasteiger partial charge in [-0.25, -0.2) is 0 Å². The summed E-state index contributed by atoms with van der Waals surface area (Å²) in [5.74, 6) is -1.80. The van der Waals surface area contributed by atoms with Crippen LogP contribution < -0.4 is 26.6 Å². The molecule has 29 heteroatoms. The van der Waals surface area contributed by atoms with E-state index in [2.05, 4.69) is 26.6 Å². The summed E-state index contributed by atoms with van der Waals surface area (Å²) in [6.45, 7) is 14.9. The first-order chi connectivity index (χ1) is 45.0. The highest BCUT2D eigenvalue weighted by Gasteiger charge is 2.44. The minimum absolute atomic E-state index is 0. The first-order valence-corrected chi connectivity index (χ1v) is 34.4. The molecule has 3 aliphatic rings. The van der Waals surface area contributed by atoms with Gasteiger partial charge >= 0.3 is 0 Å². The molecule has 3 fully saturated rings. The molecule has 576 valence electrons. The molecule has 0 bridgehead atoms. The largest absolute Gasteiger partial charge is 0.394 e. The van der Waals surface area contributed by atoms with Gasteiger partial charge in [0, 0.05) is 115 Å². The van der Waals surface area contributed by atoms with Gasteiger partial charge in [0.05, 0.1) is 83.9 Å². The number of unbranched alkanes of at least 4 members (excludes halogenated alkanes) is 9. The van der Waals surface area contributed by atoms with Crippen LogP contribution in [0.15, 0.2) is 0 Å². The van der Waals surface area contributed by atoms with Crippen LogP contribution in [0.25, 0.3) is 0 Å². The van der Waals surface area contributed by atoms with E-state index in [-0.39, 0.29) is 117 Å². The number of nitrogens with one attached hydrogen (secondary N) is 5. The fourth-order valence-electron chi connectivity index (χ4n) is 10.3. The minimum atomic E-state index is -1.17. The third-order valence-electron chi connectivity index (χ3n) is 16.5. The Morgan fingerprint density at radius 3 is 0.979 bits per heavy atom. The number of aliphatic hydroxyl groups excluding tert-OH is 9. The van der Waals surface area contributed by atoms with Crippen molar-refractivity contribution >= 4 is 29.5 Å². The lowest BCUT2D eigenvalue weighted by atomic mass is 9.92. The molecule has 0 aromatic heterocycles. The fourth-order valence-corrected chi connectivity index (χ4v) is 10.3. The van der Waals surface area contributed by atoms with Crippen molar-refractivity contribution in [3.8, 4) is 0 Å². The van der Waals surface area contributed by atoms with Crippen LogP contribution in [0, 0.1) is 23.2 Å². The molecule has 0 aromatic carbocycles. The molecule has 29 nitrogen and oxygen atoms in total. The van der Waals surface area contributed by atoms with Gasteiger partial charge in [-0.3, -0.25) is 24.0 Å². The summed E-state index contributed by atoms with van der Waals surface area (Å²) in [6, 6.07) is 0. The third-order valence-corrected chi connectivity index (χ3v) is 16.5. The van der Waals surface area contributed by atoms with Gasteiger partial charge in [0.15, 0.2) is 18.9 Å². The van der Waals surface area contributed by atoms with Crippen LogP contribution in [0.5, 0.6) is 0 Å². The van der Waals surface area contributed by atoms with Gasteiger partial charge in [-0.05, 0) is 65.2 Å². The zero-order valence-corrected chi connectivity index (χ0v) is 57.3. The molecule has 14 N–H and O–H groups in total. The summed E-state index contributed by atoms with van der Waals surface area (Å²) in [7, 11) is 1.59. The summed E-state index contributed by atoms with van der Waals surface area (Å²) in [6.07, 6.45) is 1.02. The number of aliphatic hydroxyl groups is 9. The predicted octanol–water partition coefficient (Wildman–Crippen LogP) is 2.26. The maximum Gasteiger partial charge on any atom is 0.222 e. The maximum atomic E-state index is 12.6. The molecule has 0 saturated carbocycles. The Bertz CT molecular complexity index is 1810. The standard InChI is InChI=1S/C53H99N3O21.C12H24N2O3.3CH4/c1-35-44(63)47(66)38(29-57)75-50(35)72-23-14-8-5-11-20-54-41(60)17-26-69-32-53(4,33-70-27-18-42(61)55-21-12-6-9-15-24-73-51-36(2)45(64)48(67)39(30-58)76-51)34-71-28-19-43(62)56-22-13-7-10-16-25-74-52-37(3)46(65)49(68)40(31-59)77-52;1-10(2)17-9-5-8-14-12(16)7-4-6-11(15)13-3;;;/h35-40,44-52,57-59,63-68H,5-34H2,1-4H3,(H,54,60)(H,55,61)(H,56,62);10H,4-9H2,1-3H3,(H,13,15)(H,14,16);3*1H4/t35?,36?,37?,38?,39?,40?,44-,45-,46-,47+,48+,49+,50-,51-,52-,53?;;;;/m1..../s1. The Morgan fingerprint density at radius 1 is 0.392 bits per heavy atom. The SMILES string of the molecule is C.C.C.CC1[C@H](OCCCCCCNC(=O)CCOCC(C)(COCCC(=O)NCCCCCCO[C@@H]2OC(CO)[C@H](O)[C@H](O)C2C)COCCC(=O)NCCCCCCO[C@@H]2OC(CO)[C@H](O)[C@H](O)C2C)OC(CO)[C@H](O)[C@@H]1O.CNC(=O)CCCC(=O)NCCCOC(C)C. The smallest absolute Gasteiger partial charge is 0.222 e. The van der Waals surface area contributed by atoms with E-state index in [0.29, 0.717) is 71.9 Å². The highest BCUT2D eigenvalue weighted by atomic mass is 16.7. The van der Waals surface area contributed by atoms with Crippen LogP contribution in [0.1, 0.15) is 186 Å². The third kappa shape index (κ3) is 41.3. The Kier molecular flexibility index (Phi) is 56.3. The van der Waals surface area contributed by atoms with E-state index in [9.17, 15) is 69.9 Å². The first kappa shape index (κ1) is 95.6. The maximum absolute atomic E-state index is 12.6. The van der Waals surface area contributed by atoms with Crippen molar-refractivity contribution in [3.63, 3.8) is 0 Å². The summed E-state index contributed by atoms with van der Waals surface area (Å²) in [5, 5.41) is 103. The molecule has 97 heavy (non-hydrogen) atoms. The molecule has 5 amide bonds. The normalized spacial score (nSPS) is 26.0.